The molecule has 4 nitrogen and oxygen atoms in total. The number of benzene rings is 1. The average molecular weight is 211 g/mol. The van der Waals surface area contributed by atoms with Crippen molar-refractivity contribution in [1.29, 1.82) is 0 Å². The van der Waals surface area contributed by atoms with E-state index in [9.17, 15) is 4.79 Å². The van der Waals surface area contributed by atoms with E-state index in [0.29, 0.717) is 11.5 Å². The molecule has 74 valence electrons. The van der Waals surface area contributed by atoms with Gasteiger partial charge in [-0.25, -0.2) is 0 Å². The molecule has 5 heteroatoms. The van der Waals surface area contributed by atoms with E-state index in [0.717, 1.165) is 21.6 Å². The van der Waals surface area contributed by atoms with Gasteiger partial charge in [-0.05, 0) is 6.07 Å². The first-order valence-corrected chi connectivity index (χ1v) is 4.81. The number of ether oxygens (including phenoxy) is 2. The first kappa shape index (κ1) is 9.08. The van der Waals surface area contributed by atoms with Crippen LogP contribution in [-0.4, -0.2) is 19.2 Å². The van der Waals surface area contributed by atoms with Crippen LogP contribution in [0.25, 0.3) is 10.2 Å². The second kappa shape index (κ2) is 3.34. The van der Waals surface area contributed by atoms with Gasteiger partial charge in [0.25, 0.3) is 0 Å². The summed E-state index contributed by atoms with van der Waals surface area (Å²) in [5.74, 6) is 1.31. The molecule has 1 aromatic carbocycles. The molecule has 0 radical (unpaired) electrons. The Morgan fingerprint density at radius 2 is 2.07 bits per heavy atom. The Morgan fingerprint density at radius 3 is 2.71 bits per heavy atom. The predicted octanol–water partition coefficient (Wildman–Crippen LogP) is 1.61. The molecule has 2 rings (SSSR count). The van der Waals surface area contributed by atoms with Crippen molar-refractivity contribution in [2.75, 3.05) is 14.2 Å². The highest BCUT2D eigenvalue weighted by atomic mass is 32.1. The van der Waals surface area contributed by atoms with Crippen molar-refractivity contribution < 1.29 is 9.47 Å². The Balaban J connectivity index is 2.79. The number of nitrogens with one attached hydrogen (secondary N) is 1. The van der Waals surface area contributed by atoms with Crippen LogP contribution in [0.5, 0.6) is 11.5 Å². The Bertz CT molecular complexity index is 514. The molecule has 0 fully saturated rings. The number of aromatic amines is 1. The van der Waals surface area contributed by atoms with Gasteiger partial charge in [-0.2, -0.15) is 0 Å². The number of aromatic nitrogens is 1. The van der Waals surface area contributed by atoms with E-state index in [1.165, 1.54) is 0 Å². The van der Waals surface area contributed by atoms with Crippen LogP contribution in [-0.2, 0) is 0 Å². The molecule has 0 saturated heterocycles. The molecule has 0 amide bonds. The first-order chi connectivity index (χ1) is 6.74. The van der Waals surface area contributed by atoms with Gasteiger partial charge in [0.2, 0.25) is 0 Å². The number of rotatable bonds is 2. The Hall–Kier alpha value is -1.49. The van der Waals surface area contributed by atoms with Gasteiger partial charge in [-0.15, -0.1) is 0 Å². The van der Waals surface area contributed by atoms with Gasteiger partial charge in [-0.3, -0.25) is 4.79 Å². The quantitative estimate of drug-likeness (QED) is 0.821. The highest BCUT2D eigenvalue weighted by Crippen LogP contribution is 2.30. The van der Waals surface area contributed by atoms with E-state index in [1.807, 2.05) is 0 Å². The van der Waals surface area contributed by atoms with Gasteiger partial charge in [0.1, 0.15) is 17.0 Å². The summed E-state index contributed by atoms with van der Waals surface area (Å²) >= 11 is 1.14. The lowest BCUT2D eigenvalue weighted by Gasteiger charge is -2.04. The van der Waals surface area contributed by atoms with Crippen LogP contribution in [0.1, 0.15) is 0 Å². The normalized spacial score (nSPS) is 10.4. The molecule has 0 aliphatic rings. The molecule has 0 spiro atoms. The standard InChI is InChI=1S/C9H9NO3S/c1-12-5-3-6(13-2)8-7(4-5)14-9(11)10-8/h3-4H,1-2H3,(H,10,11). The van der Waals surface area contributed by atoms with Crippen molar-refractivity contribution in [3.63, 3.8) is 0 Å². The number of hydrogen-bond donors (Lipinski definition) is 1. The molecule has 1 heterocycles. The van der Waals surface area contributed by atoms with E-state index in [4.69, 9.17) is 9.47 Å². The third-order valence-corrected chi connectivity index (χ3v) is 2.75. The number of methoxy groups -OCH3 is 2. The Morgan fingerprint density at radius 1 is 1.29 bits per heavy atom. The fourth-order valence-corrected chi connectivity index (χ4v) is 2.06. The summed E-state index contributed by atoms with van der Waals surface area (Å²) in [6.07, 6.45) is 0. The lowest BCUT2D eigenvalue weighted by Crippen LogP contribution is -1.92. The minimum Gasteiger partial charge on any atom is -0.497 e. The minimum atomic E-state index is -0.0912. The molecule has 0 saturated carbocycles. The summed E-state index contributed by atoms with van der Waals surface area (Å²) in [5.41, 5.74) is 0.725. The zero-order valence-electron chi connectivity index (χ0n) is 7.79. The summed E-state index contributed by atoms with van der Waals surface area (Å²) in [6.45, 7) is 0. The highest BCUT2D eigenvalue weighted by molar-refractivity contribution is 7.16. The predicted molar refractivity (Wildman–Crippen MR) is 55.5 cm³/mol. The van der Waals surface area contributed by atoms with E-state index < -0.39 is 0 Å². The number of thiazole rings is 1. The molecular formula is C9H9NO3S. The van der Waals surface area contributed by atoms with Gasteiger partial charge in [0.05, 0.1) is 18.9 Å². The molecule has 0 unspecified atom stereocenters. The lowest BCUT2D eigenvalue weighted by atomic mass is 10.3. The highest BCUT2D eigenvalue weighted by Gasteiger charge is 2.08. The second-order valence-corrected chi connectivity index (χ2v) is 3.73. The van der Waals surface area contributed by atoms with Crippen LogP contribution in [0.3, 0.4) is 0 Å². The molecule has 1 aromatic heterocycles. The van der Waals surface area contributed by atoms with Crippen LogP contribution in [0.4, 0.5) is 0 Å². The Kier molecular flexibility index (Phi) is 2.17. The van der Waals surface area contributed by atoms with Crippen LogP contribution in [0.15, 0.2) is 16.9 Å². The molecule has 0 atom stereocenters. The van der Waals surface area contributed by atoms with Gasteiger partial charge in [0.15, 0.2) is 0 Å². The van der Waals surface area contributed by atoms with Crippen molar-refractivity contribution in [2.45, 2.75) is 0 Å². The van der Waals surface area contributed by atoms with Crippen molar-refractivity contribution in [2.24, 2.45) is 0 Å². The van der Waals surface area contributed by atoms with E-state index in [-0.39, 0.29) is 4.87 Å². The van der Waals surface area contributed by atoms with E-state index in [1.54, 1.807) is 26.4 Å². The Labute approximate surface area is 84.1 Å². The van der Waals surface area contributed by atoms with Crippen molar-refractivity contribution >= 4 is 21.6 Å². The molecule has 0 aliphatic heterocycles. The second-order valence-electron chi connectivity index (χ2n) is 2.72. The van der Waals surface area contributed by atoms with Gasteiger partial charge in [0, 0.05) is 6.07 Å². The van der Waals surface area contributed by atoms with Gasteiger partial charge in [-0.1, -0.05) is 11.3 Å². The van der Waals surface area contributed by atoms with Crippen LogP contribution >= 0.6 is 11.3 Å². The lowest BCUT2D eigenvalue weighted by molar-refractivity contribution is 0.397. The summed E-state index contributed by atoms with van der Waals surface area (Å²) in [6, 6.07) is 3.55. The zero-order chi connectivity index (χ0) is 10.1. The maximum atomic E-state index is 11.1. The fourth-order valence-electron chi connectivity index (χ4n) is 1.28. The third-order valence-electron chi connectivity index (χ3n) is 1.92. The summed E-state index contributed by atoms with van der Waals surface area (Å²) < 4.78 is 11.1. The van der Waals surface area contributed by atoms with Gasteiger partial charge < -0.3 is 14.5 Å². The average Bonchev–Trinajstić information content (AvgIpc) is 2.56. The molecule has 1 N–H and O–H groups in total. The van der Waals surface area contributed by atoms with Crippen molar-refractivity contribution in [3.05, 3.63) is 21.8 Å². The van der Waals surface area contributed by atoms with E-state index >= 15 is 0 Å². The maximum Gasteiger partial charge on any atom is 0.305 e. The minimum absolute atomic E-state index is 0.0912. The molecular weight excluding hydrogens is 202 g/mol. The first-order valence-electron chi connectivity index (χ1n) is 3.99. The molecule has 0 aliphatic carbocycles. The molecule has 14 heavy (non-hydrogen) atoms. The van der Waals surface area contributed by atoms with E-state index in [2.05, 4.69) is 4.98 Å². The summed E-state index contributed by atoms with van der Waals surface area (Å²) in [7, 11) is 3.14. The number of fused-ring (bicyclic) bond motifs is 1. The number of hydrogen-bond acceptors (Lipinski definition) is 4. The summed E-state index contributed by atoms with van der Waals surface area (Å²) in [5, 5.41) is 0. The SMILES string of the molecule is COc1cc(OC)c2[nH]c(=O)sc2c1. The number of H-pyrrole nitrogens is 1. The zero-order valence-corrected chi connectivity index (χ0v) is 8.60. The van der Waals surface area contributed by atoms with Gasteiger partial charge >= 0.3 is 4.87 Å². The largest absolute Gasteiger partial charge is 0.497 e. The molecule has 2 aromatic rings. The monoisotopic (exact) mass is 211 g/mol. The van der Waals surface area contributed by atoms with Crippen LogP contribution in [0, 0.1) is 0 Å². The smallest absolute Gasteiger partial charge is 0.305 e. The van der Waals surface area contributed by atoms with Crippen LogP contribution in [0.2, 0.25) is 0 Å². The maximum absolute atomic E-state index is 11.1. The van der Waals surface area contributed by atoms with Crippen molar-refractivity contribution in [1.82, 2.24) is 4.98 Å². The topological polar surface area (TPSA) is 51.3 Å². The van der Waals surface area contributed by atoms with Crippen molar-refractivity contribution in [3.8, 4) is 11.5 Å². The fraction of sp³-hybridized carbons (Fsp3) is 0.222. The summed E-state index contributed by atoms with van der Waals surface area (Å²) in [4.78, 5) is 13.7. The van der Waals surface area contributed by atoms with Crippen LogP contribution < -0.4 is 14.3 Å². The molecule has 0 bridgehead atoms. The third kappa shape index (κ3) is 1.35.